The van der Waals surface area contributed by atoms with E-state index in [1.165, 1.54) is 38.5 Å². The van der Waals surface area contributed by atoms with Crippen molar-refractivity contribution in [2.45, 2.75) is 13.0 Å². The smallest absolute Gasteiger partial charge is 0.293 e. The van der Waals surface area contributed by atoms with Crippen molar-refractivity contribution in [1.82, 2.24) is 14.9 Å². The van der Waals surface area contributed by atoms with Gasteiger partial charge in [-0.2, -0.15) is 0 Å². The fraction of sp³-hybridized carbons (Fsp3) is 0.167. The van der Waals surface area contributed by atoms with E-state index in [1.807, 2.05) is 0 Å². The monoisotopic (exact) mass is 496 g/mol. The van der Waals surface area contributed by atoms with Gasteiger partial charge in [0, 0.05) is 19.4 Å². The van der Waals surface area contributed by atoms with Crippen LogP contribution in [0.1, 0.15) is 22.8 Å². The number of likely N-dealkylation sites (N-methyl/N-ethyl adjacent to an activating group) is 1. The van der Waals surface area contributed by atoms with Crippen LogP contribution >= 0.6 is 27.7 Å². The normalized spacial score (nSPS) is 16.3. The minimum atomic E-state index is -1.13. The Morgan fingerprint density at radius 3 is 2.60 bits per heavy atom. The molecule has 0 saturated carbocycles. The predicted molar refractivity (Wildman–Crippen MR) is 110 cm³/mol. The molecule has 1 saturated heterocycles. The Balaban J connectivity index is 1.92. The number of carbonyl (C=O) groups excluding carboxylic acids is 3. The second-order valence-corrected chi connectivity index (χ2v) is 7.92. The molecule has 1 aromatic heterocycles. The van der Waals surface area contributed by atoms with Gasteiger partial charge in [-0.15, -0.1) is 0 Å². The van der Waals surface area contributed by atoms with Crippen molar-refractivity contribution >= 4 is 56.6 Å². The third-order valence-corrected chi connectivity index (χ3v) is 5.84. The minimum absolute atomic E-state index is 0.00567. The van der Waals surface area contributed by atoms with Crippen LogP contribution in [0.5, 0.6) is 11.5 Å². The number of Topliss-reactive ketones (excluding diaryl/α,β-unsaturated/α-hetero) is 1. The van der Waals surface area contributed by atoms with E-state index in [4.69, 9.17) is 10.5 Å². The van der Waals surface area contributed by atoms with Crippen molar-refractivity contribution in [1.29, 1.82) is 0 Å². The zero-order valence-electron chi connectivity index (χ0n) is 15.6. The number of imide groups is 1. The molecule has 1 fully saturated rings. The number of phenolic OH excluding ortho intramolecular Hbond substituents is 1. The predicted octanol–water partition coefficient (Wildman–Crippen LogP) is 2.98. The summed E-state index contributed by atoms with van der Waals surface area (Å²) in [7, 11) is 1.33. The Bertz CT molecular complexity index is 1090. The number of nitrogen functional groups attached to an aromatic ring is 1. The summed E-state index contributed by atoms with van der Waals surface area (Å²) >= 11 is 3.70. The van der Waals surface area contributed by atoms with E-state index in [0.29, 0.717) is 11.8 Å². The van der Waals surface area contributed by atoms with Crippen molar-refractivity contribution in [3.63, 3.8) is 0 Å². The summed E-state index contributed by atoms with van der Waals surface area (Å²) in [5.41, 5.74) is 5.64. The second kappa shape index (κ2) is 8.40. The molecule has 1 atom stereocenters. The van der Waals surface area contributed by atoms with Crippen LogP contribution in [0.4, 0.5) is 15.1 Å². The highest BCUT2D eigenvalue weighted by atomic mass is 79.9. The molecule has 3 N–H and O–H groups in total. The molecule has 1 unspecified atom stereocenters. The number of aromatic hydroxyl groups is 1. The lowest BCUT2D eigenvalue weighted by Crippen LogP contribution is -2.24. The minimum Gasteiger partial charge on any atom is -0.502 e. The van der Waals surface area contributed by atoms with Gasteiger partial charge in [-0.25, -0.2) is 14.4 Å². The van der Waals surface area contributed by atoms with Crippen LogP contribution in [0.2, 0.25) is 0 Å². The van der Waals surface area contributed by atoms with Crippen LogP contribution < -0.4 is 10.5 Å². The number of ether oxygens (including phenoxy) is 1. The van der Waals surface area contributed by atoms with Gasteiger partial charge in [0.1, 0.15) is 0 Å². The summed E-state index contributed by atoms with van der Waals surface area (Å²) in [4.78, 5) is 44.6. The number of aromatic nitrogens is 2. The van der Waals surface area contributed by atoms with Crippen LogP contribution in [-0.4, -0.2) is 50.1 Å². The number of nitrogens with two attached hydrogens (primary N) is 1. The molecule has 1 aliphatic rings. The zero-order chi connectivity index (χ0) is 22.2. The van der Waals surface area contributed by atoms with Gasteiger partial charge >= 0.3 is 0 Å². The molecule has 9 nitrogen and oxygen atoms in total. The fourth-order valence-electron chi connectivity index (χ4n) is 2.44. The molecule has 0 bridgehead atoms. The van der Waals surface area contributed by atoms with Gasteiger partial charge in [-0.1, -0.05) is 0 Å². The van der Waals surface area contributed by atoms with Crippen molar-refractivity contribution in [2.75, 3.05) is 12.8 Å². The SMILES string of the molecule is CC(Oc1cc(/C=C2\SC(=O)N(C)C2=O)c(Br)c(F)c1O)C(=O)c1cnc(N)nc1. The Labute approximate surface area is 182 Å². The van der Waals surface area contributed by atoms with Crippen molar-refractivity contribution < 1.29 is 28.6 Å². The molecular formula is C18H14BrFN4O5S. The van der Waals surface area contributed by atoms with Gasteiger partial charge < -0.3 is 15.6 Å². The van der Waals surface area contributed by atoms with Crippen LogP contribution in [0, 0.1) is 5.82 Å². The number of ketones is 1. The zero-order valence-corrected chi connectivity index (χ0v) is 18.0. The highest BCUT2D eigenvalue weighted by molar-refractivity contribution is 9.10. The van der Waals surface area contributed by atoms with Crippen LogP contribution in [0.25, 0.3) is 6.08 Å². The summed E-state index contributed by atoms with van der Waals surface area (Å²) in [5, 5.41) is 9.63. The van der Waals surface area contributed by atoms with E-state index in [9.17, 15) is 23.9 Å². The molecule has 2 heterocycles. The number of amides is 2. The highest BCUT2D eigenvalue weighted by Gasteiger charge is 2.32. The first-order valence-corrected chi connectivity index (χ1v) is 9.92. The fourth-order valence-corrected chi connectivity index (χ4v) is 3.67. The van der Waals surface area contributed by atoms with E-state index in [2.05, 4.69) is 25.9 Å². The largest absolute Gasteiger partial charge is 0.502 e. The van der Waals surface area contributed by atoms with Gasteiger partial charge in [0.15, 0.2) is 23.4 Å². The van der Waals surface area contributed by atoms with Crippen molar-refractivity contribution in [3.8, 4) is 11.5 Å². The average molecular weight is 497 g/mol. The maximum Gasteiger partial charge on any atom is 0.293 e. The quantitative estimate of drug-likeness (QED) is 0.472. The molecule has 0 spiro atoms. The molecule has 0 aliphatic carbocycles. The molecule has 3 rings (SSSR count). The maximum atomic E-state index is 14.5. The van der Waals surface area contributed by atoms with E-state index in [0.717, 1.165) is 4.90 Å². The molecule has 1 aromatic carbocycles. The molecule has 12 heteroatoms. The summed E-state index contributed by atoms with van der Waals surface area (Å²) in [5.74, 6) is -3.27. The van der Waals surface area contributed by atoms with Crippen LogP contribution in [0.3, 0.4) is 0 Å². The van der Waals surface area contributed by atoms with Crippen molar-refractivity contribution in [2.24, 2.45) is 0 Å². The van der Waals surface area contributed by atoms with Gasteiger partial charge in [0.2, 0.25) is 11.7 Å². The Morgan fingerprint density at radius 2 is 2.03 bits per heavy atom. The van der Waals surface area contributed by atoms with Gasteiger partial charge in [-0.05, 0) is 52.3 Å². The Kier molecular flexibility index (Phi) is 6.08. The van der Waals surface area contributed by atoms with E-state index < -0.39 is 34.6 Å². The number of halogens is 2. The second-order valence-electron chi connectivity index (χ2n) is 6.14. The van der Waals surface area contributed by atoms with Gasteiger partial charge in [0.05, 0.1) is 14.9 Å². The average Bonchev–Trinajstić information content (AvgIpc) is 2.96. The number of hydrogen-bond donors (Lipinski definition) is 2. The number of nitrogens with zero attached hydrogens (tertiary/aromatic N) is 3. The number of thioether (sulfide) groups is 1. The first kappa shape index (κ1) is 21.7. The standard InChI is InChI=1S/C18H14BrFN4O5S/c1-7(14(25)9-5-22-17(21)23-6-9)29-10-3-8(12(19)13(20)15(10)26)4-11-16(27)24(2)18(28)30-11/h3-7,26H,1-2H3,(H2,21,22,23)/b11-4-. The summed E-state index contributed by atoms with van der Waals surface area (Å²) in [6.07, 6.45) is 2.60. The number of anilines is 1. The van der Waals surface area contributed by atoms with Gasteiger partial charge in [-0.3, -0.25) is 19.3 Å². The topological polar surface area (TPSA) is 136 Å². The first-order chi connectivity index (χ1) is 14.1. The summed E-state index contributed by atoms with van der Waals surface area (Å²) in [6.45, 7) is 1.40. The molecule has 1 aliphatic heterocycles. The molecule has 156 valence electrons. The van der Waals surface area contributed by atoms with Crippen LogP contribution in [-0.2, 0) is 4.79 Å². The third kappa shape index (κ3) is 4.14. The number of rotatable bonds is 5. The Morgan fingerprint density at radius 1 is 1.40 bits per heavy atom. The van der Waals surface area contributed by atoms with Crippen LogP contribution in [0.15, 0.2) is 27.8 Å². The highest BCUT2D eigenvalue weighted by Crippen LogP contribution is 2.40. The number of phenols is 1. The molecular weight excluding hydrogens is 483 g/mol. The third-order valence-electron chi connectivity index (χ3n) is 4.08. The number of hydrogen-bond acceptors (Lipinski definition) is 9. The van der Waals surface area contributed by atoms with E-state index in [-0.39, 0.29) is 32.2 Å². The molecule has 0 radical (unpaired) electrons. The molecule has 30 heavy (non-hydrogen) atoms. The van der Waals surface area contributed by atoms with E-state index >= 15 is 0 Å². The molecule has 2 amide bonds. The number of benzene rings is 1. The maximum absolute atomic E-state index is 14.5. The van der Waals surface area contributed by atoms with Crippen molar-refractivity contribution in [3.05, 3.63) is 44.8 Å². The lowest BCUT2D eigenvalue weighted by molar-refractivity contribution is -0.121. The first-order valence-electron chi connectivity index (χ1n) is 8.31. The molecule has 2 aromatic rings. The lowest BCUT2D eigenvalue weighted by Gasteiger charge is -2.16. The number of carbonyl (C=O) groups is 3. The van der Waals surface area contributed by atoms with E-state index in [1.54, 1.807) is 0 Å². The lowest BCUT2D eigenvalue weighted by atomic mass is 10.1. The summed E-state index contributed by atoms with van der Waals surface area (Å²) in [6, 6.07) is 1.25. The summed E-state index contributed by atoms with van der Waals surface area (Å²) < 4.78 is 19.8. The Hall–Kier alpha value is -2.99. The van der Waals surface area contributed by atoms with Gasteiger partial charge in [0.25, 0.3) is 11.1 Å².